The van der Waals surface area contributed by atoms with Crippen LogP contribution in [0.3, 0.4) is 0 Å². The largest absolute Gasteiger partial charge is 0.360 e. The van der Waals surface area contributed by atoms with Gasteiger partial charge < -0.3 is 9.84 Å². The van der Waals surface area contributed by atoms with Gasteiger partial charge in [0, 0.05) is 19.1 Å². The van der Waals surface area contributed by atoms with Gasteiger partial charge >= 0.3 is 0 Å². The minimum absolute atomic E-state index is 0. The van der Waals surface area contributed by atoms with Crippen molar-refractivity contribution in [3.8, 4) is 0 Å². The zero-order valence-electron chi connectivity index (χ0n) is 12.0. The second-order valence-corrected chi connectivity index (χ2v) is 6.74. The van der Waals surface area contributed by atoms with Crippen LogP contribution in [0.2, 0.25) is 0 Å². The molecule has 1 unspecified atom stereocenters. The highest BCUT2D eigenvalue weighted by Gasteiger charge is 2.36. The fourth-order valence-electron chi connectivity index (χ4n) is 2.56. The van der Waals surface area contributed by atoms with E-state index in [1.807, 2.05) is 6.92 Å². The van der Waals surface area contributed by atoms with Gasteiger partial charge in [0.15, 0.2) is 5.76 Å². The fraction of sp³-hybridized carbons (Fsp3) is 0.750. The Bertz CT molecular complexity index is 519. The van der Waals surface area contributed by atoms with Crippen LogP contribution in [0.15, 0.2) is 9.42 Å². The van der Waals surface area contributed by atoms with Crippen LogP contribution in [0.1, 0.15) is 31.2 Å². The van der Waals surface area contributed by atoms with Gasteiger partial charge in [-0.3, -0.25) is 0 Å². The van der Waals surface area contributed by atoms with Crippen molar-refractivity contribution in [3.63, 3.8) is 0 Å². The molecule has 1 aromatic heterocycles. The molecular formula is C12H22ClN3O3S. The molecule has 0 bridgehead atoms. The second kappa shape index (κ2) is 6.89. The number of hydrogen-bond donors (Lipinski definition) is 1. The van der Waals surface area contributed by atoms with E-state index in [2.05, 4.69) is 10.5 Å². The highest BCUT2D eigenvalue weighted by molar-refractivity contribution is 7.89. The molecule has 1 saturated heterocycles. The van der Waals surface area contributed by atoms with Crippen molar-refractivity contribution in [1.82, 2.24) is 14.8 Å². The molecule has 0 amide bonds. The van der Waals surface area contributed by atoms with Crippen molar-refractivity contribution in [3.05, 3.63) is 11.5 Å². The maximum absolute atomic E-state index is 12.8. The molecule has 20 heavy (non-hydrogen) atoms. The van der Waals surface area contributed by atoms with E-state index in [0.29, 0.717) is 24.5 Å². The molecule has 0 spiro atoms. The van der Waals surface area contributed by atoms with Gasteiger partial charge in [-0.2, -0.15) is 4.31 Å². The Balaban J connectivity index is 0.00000200. The predicted octanol–water partition coefficient (Wildman–Crippen LogP) is 1.48. The first-order valence-corrected chi connectivity index (χ1v) is 8.08. The van der Waals surface area contributed by atoms with Crippen LogP contribution >= 0.6 is 12.4 Å². The summed E-state index contributed by atoms with van der Waals surface area (Å²) >= 11 is 0. The SMILES string of the molecule is CCCN(C1CCNC1)S(=O)(=O)c1c(C)noc1C.Cl. The summed E-state index contributed by atoms with van der Waals surface area (Å²) in [5.74, 6) is 0.365. The van der Waals surface area contributed by atoms with E-state index in [1.165, 1.54) is 0 Å². The molecular weight excluding hydrogens is 302 g/mol. The first-order chi connectivity index (χ1) is 8.98. The fourth-order valence-corrected chi connectivity index (χ4v) is 4.61. The van der Waals surface area contributed by atoms with Crippen molar-refractivity contribution in [2.45, 2.75) is 44.6 Å². The summed E-state index contributed by atoms with van der Waals surface area (Å²) in [7, 11) is -3.53. The topological polar surface area (TPSA) is 75.4 Å². The van der Waals surface area contributed by atoms with E-state index in [9.17, 15) is 8.42 Å². The summed E-state index contributed by atoms with van der Waals surface area (Å²) < 4.78 is 32.2. The monoisotopic (exact) mass is 323 g/mol. The second-order valence-electron chi connectivity index (χ2n) is 4.92. The first-order valence-electron chi connectivity index (χ1n) is 6.64. The summed E-state index contributed by atoms with van der Waals surface area (Å²) in [6, 6.07) is 0.0265. The third-order valence-electron chi connectivity index (χ3n) is 3.42. The van der Waals surface area contributed by atoms with Crippen LogP contribution < -0.4 is 5.32 Å². The van der Waals surface area contributed by atoms with E-state index in [4.69, 9.17) is 4.52 Å². The number of sulfonamides is 1. The van der Waals surface area contributed by atoms with Gasteiger partial charge in [-0.1, -0.05) is 12.1 Å². The third-order valence-corrected chi connectivity index (χ3v) is 5.62. The number of nitrogens with zero attached hydrogens (tertiary/aromatic N) is 2. The number of rotatable bonds is 5. The lowest BCUT2D eigenvalue weighted by Crippen LogP contribution is -2.42. The lowest BCUT2D eigenvalue weighted by atomic mass is 10.2. The average molecular weight is 324 g/mol. The van der Waals surface area contributed by atoms with Crippen LogP contribution in [0.4, 0.5) is 0 Å². The summed E-state index contributed by atoms with van der Waals surface area (Å²) in [6.07, 6.45) is 1.64. The molecule has 0 saturated carbocycles. The maximum Gasteiger partial charge on any atom is 0.248 e. The first kappa shape index (κ1) is 17.4. The quantitative estimate of drug-likeness (QED) is 0.888. The van der Waals surface area contributed by atoms with E-state index in [0.717, 1.165) is 19.4 Å². The molecule has 2 heterocycles. The van der Waals surface area contributed by atoms with Crippen LogP contribution in [0.5, 0.6) is 0 Å². The molecule has 116 valence electrons. The lowest BCUT2D eigenvalue weighted by Gasteiger charge is -2.27. The minimum atomic E-state index is -3.53. The summed E-state index contributed by atoms with van der Waals surface area (Å²) in [5.41, 5.74) is 0.435. The molecule has 0 aliphatic carbocycles. The van der Waals surface area contributed by atoms with E-state index < -0.39 is 10.0 Å². The van der Waals surface area contributed by atoms with Crippen LogP contribution in [-0.4, -0.2) is 43.6 Å². The minimum Gasteiger partial charge on any atom is -0.360 e. The van der Waals surface area contributed by atoms with Crippen molar-refractivity contribution >= 4 is 22.4 Å². The molecule has 1 aliphatic heterocycles. The normalized spacial score (nSPS) is 19.3. The molecule has 1 atom stereocenters. The standard InChI is InChI=1S/C12H21N3O3S.ClH/c1-4-7-15(11-5-6-13-8-11)19(16,17)12-9(2)14-18-10(12)3;/h11,13H,4-8H2,1-3H3;1H. The maximum atomic E-state index is 12.8. The van der Waals surface area contributed by atoms with Gasteiger partial charge in [0.1, 0.15) is 10.6 Å². The number of aryl methyl sites for hydroxylation is 2. The van der Waals surface area contributed by atoms with E-state index >= 15 is 0 Å². The molecule has 1 fully saturated rings. The Kier molecular flexibility index (Phi) is 6.00. The highest BCUT2D eigenvalue weighted by Crippen LogP contribution is 2.26. The Morgan fingerprint density at radius 2 is 2.15 bits per heavy atom. The number of hydrogen-bond acceptors (Lipinski definition) is 5. The van der Waals surface area contributed by atoms with E-state index in [1.54, 1.807) is 18.2 Å². The molecule has 8 heteroatoms. The molecule has 1 N–H and O–H groups in total. The zero-order chi connectivity index (χ0) is 14.0. The lowest BCUT2D eigenvalue weighted by molar-refractivity contribution is 0.333. The zero-order valence-corrected chi connectivity index (χ0v) is 13.7. The van der Waals surface area contributed by atoms with Crippen molar-refractivity contribution in [2.24, 2.45) is 0 Å². The van der Waals surface area contributed by atoms with Crippen molar-refractivity contribution in [1.29, 1.82) is 0 Å². The molecule has 0 aromatic carbocycles. The summed E-state index contributed by atoms with van der Waals surface area (Å²) in [5, 5.41) is 6.97. The van der Waals surface area contributed by atoms with Crippen molar-refractivity contribution in [2.75, 3.05) is 19.6 Å². The van der Waals surface area contributed by atoms with E-state index in [-0.39, 0.29) is 23.3 Å². The third kappa shape index (κ3) is 3.16. The molecule has 1 aliphatic rings. The van der Waals surface area contributed by atoms with Crippen LogP contribution in [-0.2, 0) is 10.0 Å². The van der Waals surface area contributed by atoms with Gasteiger partial charge in [-0.15, -0.1) is 12.4 Å². The number of halogens is 1. The highest BCUT2D eigenvalue weighted by atomic mass is 35.5. The molecule has 1 aromatic rings. The van der Waals surface area contributed by atoms with Gasteiger partial charge in [-0.05, 0) is 33.2 Å². The van der Waals surface area contributed by atoms with Crippen LogP contribution in [0.25, 0.3) is 0 Å². The predicted molar refractivity (Wildman–Crippen MR) is 78.7 cm³/mol. The number of nitrogens with one attached hydrogen (secondary N) is 1. The van der Waals surface area contributed by atoms with Gasteiger partial charge in [-0.25, -0.2) is 8.42 Å². The van der Waals surface area contributed by atoms with Gasteiger partial charge in [0.05, 0.1) is 0 Å². The van der Waals surface area contributed by atoms with Gasteiger partial charge in [0.25, 0.3) is 0 Å². The average Bonchev–Trinajstić information content (AvgIpc) is 2.96. The van der Waals surface area contributed by atoms with Crippen molar-refractivity contribution < 1.29 is 12.9 Å². The molecule has 6 nitrogen and oxygen atoms in total. The summed E-state index contributed by atoms with van der Waals surface area (Å²) in [6.45, 7) is 7.39. The Hall–Kier alpha value is -0.630. The Morgan fingerprint density at radius 1 is 1.45 bits per heavy atom. The number of aromatic nitrogens is 1. The smallest absolute Gasteiger partial charge is 0.248 e. The summed E-state index contributed by atoms with van der Waals surface area (Å²) in [4.78, 5) is 0.229. The Morgan fingerprint density at radius 3 is 2.60 bits per heavy atom. The van der Waals surface area contributed by atoms with Crippen LogP contribution in [0, 0.1) is 13.8 Å². The molecule has 0 radical (unpaired) electrons. The Labute approximate surface area is 126 Å². The van der Waals surface area contributed by atoms with Gasteiger partial charge in [0.2, 0.25) is 10.0 Å². The molecule has 2 rings (SSSR count).